The second-order valence-electron chi connectivity index (χ2n) is 3.54. The second kappa shape index (κ2) is 5.34. The Kier molecular flexibility index (Phi) is 4.35. The van der Waals surface area contributed by atoms with E-state index in [1.54, 1.807) is 6.07 Å². The maximum atomic E-state index is 11.3. The Balaban J connectivity index is 3.01. The zero-order valence-corrected chi connectivity index (χ0v) is 11.0. The summed E-state index contributed by atoms with van der Waals surface area (Å²) in [5.74, 6) is -0.359. The average molecular weight is 287 g/mol. The van der Waals surface area contributed by atoms with Gasteiger partial charge in [-0.1, -0.05) is 26.0 Å². The van der Waals surface area contributed by atoms with E-state index in [1.807, 2.05) is 32.0 Å². The van der Waals surface area contributed by atoms with Gasteiger partial charge in [0.15, 0.2) is 0 Å². The third-order valence-corrected chi connectivity index (χ3v) is 3.33. The van der Waals surface area contributed by atoms with Crippen LogP contribution in [0.1, 0.15) is 26.7 Å². The molecule has 1 N–H and O–H groups in total. The van der Waals surface area contributed by atoms with Crippen LogP contribution in [-0.4, -0.2) is 16.7 Å². The van der Waals surface area contributed by atoms with E-state index in [-0.39, 0.29) is 0 Å². The van der Waals surface area contributed by atoms with Crippen molar-refractivity contribution in [2.24, 2.45) is 0 Å². The van der Waals surface area contributed by atoms with E-state index in [9.17, 15) is 9.90 Å². The average Bonchev–Trinajstić information content (AvgIpc) is 2.28. The van der Waals surface area contributed by atoms with Crippen LogP contribution in [0.4, 0.5) is 0 Å². The van der Waals surface area contributed by atoms with E-state index >= 15 is 0 Å². The lowest BCUT2D eigenvalue weighted by atomic mass is 9.97. The highest BCUT2D eigenvalue weighted by atomic mass is 79.9. The van der Waals surface area contributed by atoms with Gasteiger partial charge in [0.25, 0.3) is 0 Å². The van der Waals surface area contributed by atoms with E-state index in [0.717, 1.165) is 4.47 Å². The van der Waals surface area contributed by atoms with Crippen molar-refractivity contribution in [3.05, 3.63) is 28.7 Å². The predicted octanol–water partition coefficient (Wildman–Crippen LogP) is 3.47. The molecule has 0 aliphatic carbocycles. The van der Waals surface area contributed by atoms with Crippen LogP contribution in [0.3, 0.4) is 0 Å². The van der Waals surface area contributed by atoms with Crippen molar-refractivity contribution in [3.8, 4) is 5.75 Å². The molecule has 0 saturated carbocycles. The van der Waals surface area contributed by atoms with Crippen molar-refractivity contribution in [1.82, 2.24) is 0 Å². The third-order valence-electron chi connectivity index (χ3n) is 2.67. The monoisotopic (exact) mass is 286 g/mol. The summed E-state index contributed by atoms with van der Waals surface area (Å²) in [5.41, 5.74) is -1.14. The normalized spacial score (nSPS) is 11.2. The first-order chi connectivity index (χ1) is 7.55. The summed E-state index contributed by atoms with van der Waals surface area (Å²) in [6.07, 6.45) is 0.861. The molecule has 0 fully saturated rings. The van der Waals surface area contributed by atoms with Crippen molar-refractivity contribution >= 4 is 21.9 Å². The molecule has 0 aliphatic rings. The van der Waals surface area contributed by atoms with Crippen LogP contribution in [0.25, 0.3) is 0 Å². The smallest absolute Gasteiger partial charge is 0.348 e. The number of para-hydroxylation sites is 1. The summed E-state index contributed by atoms with van der Waals surface area (Å²) in [6, 6.07) is 7.26. The first-order valence-corrected chi connectivity index (χ1v) is 6.02. The fraction of sp³-hybridized carbons (Fsp3) is 0.417. The number of hydrogen-bond acceptors (Lipinski definition) is 2. The number of rotatable bonds is 5. The number of carboxylic acid groups (broad SMARTS) is 1. The number of aliphatic carboxylic acids is 1. The third kappa shape index (κ3) is 2.55. The van der Waals surface area contributed by atoms with Crippen LogP contribution in [0.5, 0.6) is 5.75 Å². The molecule has 0 spiro atoms. The fourth-order valence-electron chi connectivity index (χ4n) is 1.48. The minimum absolute atomic E-state index is 0.431. The Morgan fingerprint density at radius 3 is 2.38 bits per heavy atom. The molecule has 88 valence electrons. The predicted molar refractivity (Wildman–Crippen MR) is 65.7 cm³/mol. The summed E-state index contributed by atoms with van der Waals surface area (Å²) in [5, 5.41) is 9.24. The van der Waals surface area contributed by atoms with Gasteiger partial charge in [0, 0.05) is 0 Å². The minimum atomic E-state index is -1.14. The quantitative estimate of drug-likeness (QED) is 0.902. The summed E-state index contributed by atoms with van der Waals surface area (Å²) in [7, 11) is 0. The van der Waals surface area contributed by atoms with Gasteiger partial charge in [-0.2, -0.15) is 0 Å². The molecule has 1 rings (SSSR count). The number of halogens is 1. The van der Waals surface area contributed by atoms with Gasteiger partial charge in [0.1, 0.15) is 5.75 Å². The van der Waals surface area contributed by atoms with Crippen LogP contribution < -0.4 is 4.74 Å². The minimum Gasteiger partial charge on any atom is -0.478 e. The molecule has 1 aromatic carbocycles. The zero-order chi connectivity index (χ0) is 12.2. The maximum Gasteiger partial charge on any atom is 0.348 e. The second-order valence-corrected chi connectivity index (χ2v) is 4.39. The Morgan fingerprint density at radius 2 is 1.94 bits per heavy atom. The molecule has 0 heterocycles. The summed E-state index contributed by atoms with van der Waals surface area (Å²) >= 11 is 3.34. The highest BCUT2D eigenvalue weighted by Gasteiger charge is 2.37. The molecule has 0 unspecified atom stereocenters. The lowest BCUT2D eigenvalue weighted by Gasteiger charge is -2.28. The molecule has 0 aliphatic heterocycles. The largest absolute Gasteiger partial charge is 0.478 e. The van der Waals surface area contributed by atoms with Crippen LogP contribution in [0.2, 0.25) is 0 Å². The molecule has 1 aromatic rings. The lowest BCUT2D eigenvalue weighted by molar-refractivity contribution is -0.156. The molecule has 16 heavy (non-hydrogen) atoms. The zero-order valence-electron chi connectivity index (χ0n) is 9.37. The van der Waals surface area contributed by atoms with Gasteiger partial charge in [-0.3, -0.25) is 0 Å². The molecular weight excluding hydrogens is 272 g/mol. The topological polar surface area (TPSA) is 46.5 Å². The van der Waals surface area contributed by atoms with Crippen LogP contribution in [0.15, 0.2) is 28.7 Å². The van der Waals surface area contributed by atoms with Crippen molar-refractivity contribution in [2.75, 3.05) is 0 Å². The molecular formula is C12H15BrO3. The standard InChI is InChI=1S/C12H15BrO3/c1-3-12(4-2,11(14)15)16-10-8-6-5-7-9(10)13/h5-8H,3-4H2,1-2H3,(H,14,15). The highest BCUT2D eigenvalue weighted by Crippen LogP contribution is 2.30. The van der Waals surface area contributed by atoms with E-state index in [1.165, 1.54) is 0 Å². The van der Waals surface area contributed by atoms with E-state index in [2.05, 4.69) is 15.9 Å². The molecule has 0 saturated heterocycles. The van der Waals surface area contributed by atoms with Crippen molar-refractivity contribution < 1.29 is 14.6 Å². The Bertz CT molecular complexity index is 372. The number of ether oxygens (including phenoxy) is 1. The van der Waals surface area contributed by atoms with Crippen LogP contribution >= 0.6 is 15.9 Å². The Morgan fingerprint density at radius 1 is 1.38 bits per heavy atom. The highest BCUT2D eigenvalue weighted by molar-refractivity contribution is 9.10. The first kappa shape index (κ1) is 13.0. The van der Waals surface area contributed by atoms with Crippen LogP contribution in [0, 0.1) is 0 Å². The summed E-state index contributed by atoms with van der Waals surface area (Å²) in [4.78, 5) is 11.3. The van der Waals surface area contributed by atoms with Crippen molar-refractivity contribution in [1.29, 1.82) is 0 Å². The number of carbonyl (C=O) groups is 1. The Hall–Kier alpha value is -1.03. The molecule has 4 heteroatoms. The van der Waals surface area contributed by atoms with Gasteiger partial charge < -0.3 is 9.84 Å². The molecule has 0 amide bonds. The maximum absolute atomic E-state index is 11.3. The fourth-order valence-corrected chi connectivity index (χ4v) is 1.84. The SMILES string of the molecule is CCC(CC)(Oc1ccccc1Br)C(=O)O. The van der Waals surface area contributed by atoms with Gasteiger partial charge in [-0.15, -0.1) is 0 Å². The Labute approximate surface area is 104 Å². The van der Waals surface area contributed by atoms with E-state index in [0.29, 0.717) is 18.6 Å². The summed E-state index contributed by atoms with van der Waals surface area (Å²) < 4.78 is 6.41. The van der Waals surface area contributed by atoms with Gasteiger partial charge in [0.2, 0.25) is 5.60 Å². The molecule has 0 aromatic heterocycles. The van der Waals surface area contributed by atoms with Crippen LogP contribution in [-0.2, 0) is 4.79 Å². The number of hydrogen-bond donors (Lipinski definition) is 1. The van der Waals surface area contributed by atoms with E-state index < -0.39 is 11.6 Å². The summed E-state index contributed by atoms with van der Waals surface area (Å²) in [6.45, 7) is 3.63. The first-order valence-electron chi connectivity index (χ1n) is 5.22. The van der Waals surface area contributed by atoms with Gasteiger partial charge in [0.05, 0.1) is 4.47 Å². The van der Waals surface area contributed by atoms with Gasteiger partial charge in [-0.05, 0) is 40.9 Å². The molecule has 0 radical (unpaired) electrons. The van der Waals surface area contributed by atoms with Gasteiger partial charge >= 0.3 is 5.97 Å². The van der Waals surface area contributed by atoms with E-state index in [4.69, 9.17) is 4.74 Å². The molecule has 0 atom stereocenters. The molecule has 3 nitrogen and oxygen atoms in total. The van der Waals surface area contributed by atoms with Crippen molar-refractivity contribution in [3.63, 3.8) is 0 Å². The van der Waals surface area contributed by atoms with Crippen molar-refractivity contribution in [2.45, 2.75) is 32.3 Å². The lowest BCUT2D eigenvalue weighted by Crippen LogP contribution is -2.43. The number of carboxylic acids is 1. The number of benzene rings is 1. The molecule has 0 bridgehead atoms. The van der Waals surface area contributed by atoms with Gasteiger partial charge in [-0.25, -0.2) is 4.79 Å².